The lowest BCUT2D eigenvalue weighted by molar-refractivity contribution is 0.297. The number of aryl methyl sites for hydroxylation is 1. The monoisotopic (exact) mass is 284 g/mol. The number of nitriles is 1. The summed E-state index contributed by atoms with van der Waals surface area (Å²) in [5, 5.41) is 8.81. The number of ether oxygens (including phenoxy) is 1. The zero-order chi connectivity index (χ0) is 15.4. The van der Waals surface area contributed by atoms with Gasteiger partial charge in [-0.1, -0.05) is 24.3 Å². The molecule has 2 rings (SSSR count). The molecule has 0 spiro atoms. The highest BCUT2D eigenvalue weighted by Gasteiger charge is 2.09. The van der Waals surface area contributed by atoms with Crippen molar-refractivity contribution in [2.45, 2.75) is 26.5 Å². The number of hydrogen-bond donors (Lipinski definition) is 1. The molecule has 21 heavy (non-hydrogen) atoms. The van der Waals surface area contributed by atoms with Crippen molar-refractivity contribution < 1.29 is 9.13 Å². The zero-order valence-electron chi connectivity index (χ0n) is 12.1. The van der Waals surface area contributed by atoms with Gasteiger partial charge in [-0.25, -0.2) is 4.39 Å². The second-order valence-corrected chi connectivity index (χ2v) is 4.99. The summed E-state index contributed by atoms with van der Waals surface area (Å²) in [5.41, 5.74) is 8.19. The van der Waals surface area contributed by atoms with E-state index in [2.05, 4.69) is 0 Å². The third-order valence-electron chi connectivity index (χ3n) is 3.31. The molecule has 0 saturated carbocycles. The second kappa shape index (κ2) is 6.38. The molecule has 0 amide bonds. The van der Waals surface area contributed by atoms with Crippen molar-refractivity contribution in [3.05, 3.63) is 64.5 Å². The van der Waals surface area contributed by atoms with Gasteiger partial charge in [-0.15, -0.1) is 0 Å². The molecule has 0 heterocycles. The fraction of sp³-hybridized carbons (Fsp3) is 0.235. The number of nitrogens with zero attached hydrogens (tertiary/aromatic N) is 1. The second-order valence-electron chi connectivity index (χ2n) is 4.99. The third kappa shape index (κ3) is 3.39. The van der Waals surface area contributed by atoms with Crippen molar-refractivity contribution in [1.82, 2.24) is 0 Å². The Kier molecular flexibility index (Phi) is 4.56. The van der Waals surface area contributed by atoms with Crippen molar-refractivity contribution in [2.75, 3.05) is 0 Å². The van der Waals surface area contributed by atoms with Gasteiger partial charge in [-0.2, -0.15) is 5.26 Å². The summed E-state index contributed by atoms with van der Waals surface area (Å²) in [7, 11) is 0. The number of hydrogen-bond acceptors (Lipinski definition) is 3. The average molecular weight is 284 g/mol. The molecule has 0 aliphatic rings. The summed E-state index contributed by atoms with van der Waals surface area (Å²) in [4.78, 5) is 0. The Labute approximate surface area is 123 Å². The summed E-state index contributed by atoms with van der Waals surface area (Å²) in [6.45, 7) is 3.92. The van der Waals surface area contributed by atoms with Crippen LogP contribution in [0, 0.1) is 24.1 Å². The smallest absolute Gasteiger partial charge is 0.147 e. The van der Waals surface area contributed by atoms with Crippen LogP contribution in [0.25, 0.3) is 0 Å². The van der Waals surface area contributed by atoms with E-state index in [1.54, 1.807) is 12.1 Å². The minimum absolute atomic E-state index is 0.0279. The Bertz CT molecular complexity index is 690. The van der Waals surface area contributed by atoms with E-state index in [0.717, 1.165) is 11.1 Å². The molecule has 0 aromatic heterocycles. The van der Waals surface area contributed by atoms with Gasteiger partial charge in [0.25, 0.3) is 0 Å². The van der Waals surface area contributed by atoms with E-state index in [4.69, 9.17) is 15.7 Å². The van der Waals surface area contributed by atoms with Gasteiger partial charge in [0.15, 0.2) is 0 Å². The lowest BCUT2D eigenvalue weighted by atomic mass is 10.1. The fourth-order valence-electron chi connectivity index (χ4n) is 2.05. The van der Waals surface area contributed by atoms with E-state index in [1.165, 1.54) is 6.07 Å². The Morgan fingerprint density at radius 2 is 2.10 bits per heavy atom. The van der Waals surface area contributed by atoms with Gasteiger partial charge < -0.3 is 10.5 Å². The van der Waals surface area contributed by atoms with Gasteiger partial charge in [-0.05, 0) is 37.1 Å². The molecule has 2 aromatic rings. The zero-order valence-corrected chi connectivity index (χ0v) is 12.1. The summed E-state index contributed by atoms with van der Waals surface area (Å²) < 4.78 is 19.6. The molecule has 0 radical (unpaired) electrons. The fourth-order valence-corrected chi connectivity index (χ4v) is 2.05. The lowest BCUT2D eigenvalue weighted by Crippen LogP contribution is -2.06. The first-order valence-corrected chi connectivity index (χ1v) is 6.69. The van der Waals surface area contributed by atoms with Crippen LogP contribution in [0.1, 0.15) is 35.2 Å². The summed E-state index contributed by atoms with van der Waals surface area (Å²) in [6.07, 6.45) is 0. The maximum Gasteiger partial charge on any atom is 0.147 e. The predicted molar refractivity (Wildman–Crippen MR) is 79.2 cm³/mol. The first kappa shape index (κ1) is 15.0. The first-order chi connectivity index (χ1) is 10.0. The van der Waals surface area contributed by atoms with Crippen molar-refractivity contribution in [2.24, 2.45) is 5.73 Å². The van der Waals surface area contributed by atoms with Crippen LogP contribution in [-0.4, -0.2) is 0 Å². The van der Waals surface area contributed by atoms with Crippen LogP contribution >= 0.6 is 0 Å². The Morgan fingerprint density at radius 1 is 1.33 bits per heavy atom. The highest BCUT2D eigenvalue weighted by Crippen LogP contribution is 2.23. The SMILES string of the molecule is Cc1cc([C@H](C)N)ccc1OCc1cccc(C#N)c1F. The van der Waals surface area contributed by atoms with Crippen LogP contribution in [0.3, 0.4) is 0 Å². The van der Waals surface area contributed by atoms with E-state index in [1.807, 2.05) is 38.1 Å². The molecule has 1 atom stereocenters. The summed E-state index contributed by atoms with van der Waals surface area (Å²) in [5.74, 6) is 0.158. The van der Waals surface area contributed by atoms with E-state index >= 15 is 0 Å². The topological polar surface area (TPSA) is 59.0 Å². The van der Waals surface area contributed by atoms with Crippen LogP contribution < -0.4 is 10.5 Å². The Morgan fingerprint density at radius 3 is 2.71 bits per heavy atom. The molecular weight excluding hydrogens is 267 g/mol. The molecule has 0 bridgehead atoms. The van der Waals surface area contributed by atoms with E-state index in [9.17, 15) is 4.39 Å². The van der Waals surface area contributed by atoms with Crippen LogP contribution in [0.15, 0.2) is 36.4 Å². The molecule has 2 aromatic carbocycles. The molecule has 0 aliphatic carbocycles. The van der Waals surface area contributed by atoms with Crippen molar-refractivity contribution in [3.63, 3.8) is 0 Å². The average Bonchev–Trinajstić information content (AvgIpc) is 2.47. The van der Waals surface area contributed by atoms with Crippen LogP contribution in [-0.2, 0) is 6.61 Å². The number of halogens is 1. The van der Waals surface area contributed by atoms with E-state index < -0.39 is 5.82 Å². The normalized spacial score (nSPS) is 11.8. The van der Waals surface area contributed by atoms with E-state index in [0.29, 0.717) is 11.3 Å². The predicted octanol–water partition coefficient (Wildman–Crippen LogP) is 3.60. The lowest BCUT2D eigenvalue weighted by Gasteiger charge is -2.13. The van der Waals surface area contributed by atoms with Crippen molar-refractivity contribution >= 4 is 0 Å². The Hall–Kier alpha value is -2.38. The quantitative estimate of drug-likeness (QED) is 0.933. The van der Waals surface area contributed by atoms with Crippen LogP contribution in [0.4, 0.5) is 4.39 Å². The van der Waals surface area contributed by atoms with Crippen molar-refractivity contribution in [3.8, 4) is 11.8 Å². The number of nitrogens with two attached hydrogens (primary N) is 1. The van der Waals surface area contributed by atoms with Gasteiger partial charge in [0, 0.05) is 11.6 Å². The highest BCUT2D eigenvalue weighted by atomic mass is 19.1. The minimum Gasteiger partial charge on any atom is -0.489 e. The maximum atomic E-state index is 13.9. The molecule has 0 aliphatic heterocycles. The molecule has 0 unspecified atom stereocenters. The standard InChI is InChI=1S/C17H17FN2O/c1-11-8-13(12(2)20)6-7-16(11)21-10-15-5-3-4-14(9-19)17(15)18/h3-8,12H,10,20H2,1-2H3/t12-/m0/s1. The molecule has 3 nitrogen and oxygen atoms in total. The van der Waals surface area contributed by atoms with Gasteiger partial charge >= 0.3 is 0 Å². The molecule has 4 heteroatoms. The number of benzene rings is 2. The minimum atomic E-state index is -0.523. The van der Waals surface area contributed by atoms with Crippen molar-refractivity contribution in [1.29, 1.82) is 5.26 Å². The summed E-state index contributed by atoms with van der Waals surface area (Å²) in [6, 6.07) is 12.2. The molecule has 0 fully saturated rings. The van der Waals surface area contributed by atoms with Crippen LogP contribution in [0.5, 0.6) is 5.75 Å². The molecule has 0 saturated heterocycles. The highest BCUT2D eigenvalue weighted by molar-refractivity contribution is 5.38. The molecule has 108 valence electrons. The van der Waals surface area contributed by atoms with Gasteiger partial charge in [0.05, 0.1) is 5.56 Å². The largest absolute Gasteiger partial charge is 0.489 e. The third-order valence-corrected chi connectivity index (χ3v) is 3.31. The van der Waals surface area contributed by atoms with Gasteiger partial charge in [0.2, 0.25) is 0 Å². The molecule has 2 N–H and O–H groups in total. The van der Waals surface area contributed by atoms with E-state index in [-0.39, 0.29) is 18.2 Å². The van der Waals surface area contributed by atoms with Gasteiger partial charge in [0.1, 0.15) is 24.2 Å². The maximum absolute atomic E-state index is 13.9. The Balaban J connectivity index is 2.16. The van der Waals surface area contributed by atoms with Crippen LogP contribution in [0.2, 0.25) is 0 Å². The summed E-state index contributed by atoms with van der Waals surface area (Å²) >= 11 is 0. The molecular formula is C17H17FN2O. The first-order valence-electron chi connectivity index (χ1n) is 6.69. The number of rotatable bonds is 4. The van der Waals surface area contributed by atoms with Gasteiger partial charge in [-0.3, -0.25) is 0 Å².